The molecule has 43 heavy (non-hydrogen) atoms. The van der Waals surface area contributed by atoms with Crippen LogP contribution >= 0.6 is 11.3 Å². The van der Waals surface area contributed by atoms with Crippen LogP contribution in [0.3, 0.4) is 0 Å². The SMILES string of the molecule is C=C(/C(=C\N=C(C)c1ccccc1)n1c2ccc3ccccc3c2c2c3ccsc3c3ccccc3c21)c1ccccc1. The standard InChI is InChI=1S/C40H28N2S/c1-26(28-13-5-3-6-14-28)36(25-41-27(2)29-15-7-4-8-16-29)42-35-22-21-30-17-9-10-18-31(30)37(35)38-34-23-24-43-40(34)33-20-12-11-19-32(33)39(38)42/h3-25H,1H2,2H3/b36-25+,41-27?. The second-order valence-corrected chi connectivity index (χ2v) is 11.8. The Balaban J connectivity index is 1.57. The van der Waals surface area contributed by atoms with E-state index in [1.54, 1.807) is 0 Å². The van der Waals surface area contributed by atoms with E-state index in [1.807, 2.05) is 29.7 Å². The Morgan fingerprint density at radius 2 is 1.30 bits per heavy atom. The summed E-state index contributed by atoms with van der Waals surface area (Å²) in [7, 11) is 0. The summed E-state index contributed by atoms with van der Waals surface area (Å²) in [5, 5.41) is 11.0. The molecule has 0 saturated carbocycles. The third kappa shape index (κ3) is 4.04. The van der Waals surface area contributed by atoms with Crippen LogP contribution in [-0.4, -0.2) is 10.3 Å². The van der Waals surface area contributed by atoms with Gasteiger partial charge in [-0.25, -0.2) is 0 Å². The van der Waals surface area contributed by atoms with E-state index in [0.29, 0.717) is 0 Å². The van der Waals surface area contributed by atoms with E-state index in [1.165, 1.54) is 47.9 Å². The van der Waals surface area contributed by atoms with Crippen LogP contribution in [0.15, 0.2) is 151 Å². The van der Waals surface area contributed by atoms with Crippen molar-refractivity contribution in [1.82, 2.24) is 4.57 Å². The highest BCUT2D eigenvalue weighted by molar-refractivity contribution is 7.18. The number of thiophene rings is 1. The molecule has 0 atom stereocenters. The first-order chi connectivity index (χ1) is 21.2. The normalized spacial score (nSPS) is 12.7. The second-order valence-electron chi connectivity index (χ2n) is 10.9. The van der Waals surface area contributed by atoms with Crippen molar-refractivity contribution < 1.29 is 0 Å². The van der Waals surface area contributed by atoms with Gasteiger partial charge in [0.25, 0.3) is 0 Å². The highest BCUT2D eigenvalue weighted by Gasteiger charge is 2.23. The van der Waals surface area contributed by atoms with Gasteiger partial charge in [-0.05, 0) is 46.3 Å². The summed E-state index contributed by atoms with van der Waals surface area (Å²) < 4.78 is 3.73. The molecule has 0 radical (unpaired) electrons. The van der Waals surface area contributed by atoms with Crippen LogP contribution in [0.25, 0.3) is 64.7 Å². The van der Waals surface area contributed by atoms with Gasteiger partial charge in [0.1, 0.15) is 0 Å². The second kappa shape index (κ2) is 10.2. The van der Waals surface area contributed by atoms with Crippen LogP contribution in [0.5, 0.6) is 0 Å². The molecule has 0 unspecified atom stereocenters. The Labute approximate surface area is 254 Å². The highest BCUT2D eigenvalue weighted by atomic mass is 32.1. The number of benzene rings is 6. The maximum atomic E-state index is 5.08. The number of aliphatic imine (C=N–C) groups is 1. The third-order valence-electron chi connectivity index (χ3n) is 8.46. The number of hydrogen-bond donors (Lipinski definition) is 0. The van der Waals surface area contributed by atoms with Crippen molar-refractivity contribution in [2.24, 2.45) is 4.99 Å². The average Bonchev–Trinajstić information content (AvgIpc) is 3.70. The Hall–Kier alpha value is -5.25. The number of allylic oxidation sites excluding steroid dienone is 2. The molecule has 0 amide bonds. The number of aromatic nitrogens is 1. The van der Waals surface area contributed by atoms with Gasteiger partial charge in [-0.1, -0.05) is 122 Å². The van der Waals surface area contributed by atoms with Gasteiger partial charge in [-0.3, -0.25) is 4.99 Å². The van der Waals surface area contributed by atoms with Crippen LogP contribution in [0.1, 0.15) is 18.1 Å². The van der Waals surface area contributed by atoms with Crippen molar-refractivity contribution in [2.45, 2.75) is 6.92 Å². The Morgan fingerprint density at radius 3 is 2.07 bits per heavy atom. The van der Waals surface area contributed by atoms with Gasteiger partial charge in [-0.15, -0.1) is 11.3 Å². The molecule has 0 aliphatic carbocycles. The van der Waals surface area contributed by atoms with Gasteiger partial charge in [-0.2, -0.15) is 0 Å². The van der Waals surface area contributed by atoms with Crippen LogP contribution < -0.4 is 0 Å². The van der Waals surface area contributed by atoms with Crippen LogP contribution in [-0.2, 0) is 0 Å². The van der Waals surface area contributed by atoms with E-state index in [9.17, 15) is 0 Å². The fourth-order valence-electron chi connectivity index (χ4n) is 6.40. The molecular formula is C40H28N2S. The van der Waals surface area contributed by atoms with Crippen molar-refractivity contribution in [3.8, 4) is 0 Å². The molecule has 2 nitrogen and oxygen atoms in total. The lowest BCUT2D eigenvalue weighted by Crippen LogP contribution is -2.01. The van der Waals surface area contributed by atoms with Gasteiger partial charge >= 0.3 is 0 Å². The van der Waals surface area contributed by atoms with E-state index in [4.69, 9.17) is 4.99 Å². The zero-order valence-corrected chi connectivity index (χ0v) is 24.6. The average molecular weight is 569 g/mol. The first-order valence-electron chi connectivity index (χ1n) is 14.5. The molecule has 8 rings (SSSR count). The number of nitrogens with zero attached hydrogens (tertiary/aromatic N) is 2. The zero-order chi connectivity index (χ0) is 28.9. The Bertz CT molecular complexity index is 2400. The van der Waals surface area contributed by atoms with E-state index < -0.39 is 0 Å². The Morgan fingerprint density at radius 1 is 0.651 bits per heavy atom. The molecule has 0 spiro atoms. The number of fused-ring (bicyclic) bond motifs is 10. The maximum absolute atomic E-state index is 5.08. The largest absolute Gasteiger partial charge is 0.306 e. The lowest BCUT2D eigenvalue weighted by atomic mass is 9.99. The molecule has 3 heteroatoms. The smallest absolute Gasteiger partial charge is 0.0717 e. The minimum absolute atomic E-state index is 0.923. The van der Waals surface area contributed by atoms with Crippen molar-refractivity contribution >= 4 is 81.8 Å². The summed E-state index contributed by atoms with van der Waals surface area (Å²) in [6.07, 6.45) is 2.01. The van der Waals surface area contributed by atoms with E-state index >= 15 is 0 Å². The van der Waals surface area contributed by atoms with Gasteiger partial charge < -0.3 is 4.57 Å². The molecule has 2 aromatic heterocycles. The third-order valence-corrected chi connectivity index (χ3v) is 9.41. The van der Waals surface area contributed by atoms with Crippen LogP contribution in [0.2, 0.25) is 0 Å². The van der Waals surface area contributed by atoms with E-state index in [-0.39, 0.29) is 0 Å². The first-order valence-corrected chi connectivity index (χ1v) is 15.4. The maximum Gasteiger partial charge on any atom is 0.0717 e. The van der Waals surface area contributed by atoms with Gasteiger partial charge in [0.2, 0.25) is 0 Å². The van der Waals surface area contributed by atoms with Crippen molar-refractivity contribution in [3.63, 3.8) is 0 Å². The molecule has 2 heterocycles. The summed E-state index contributed by atoms with van der Waals surface area (Å²) >= 11 is 1.81. The molecule has 204 valence electrons. The molecule has 0 aliphatic rings. The van der Waals surface area contributed by atoms with Crippen molar-refractivity contribution in [1.29, 1.82) is 0 Å². The molecule has 8 aromatic rings. The summed E-state index contributed by atoms with van der Waals surface area (Å²) in [5.74, 6) is 0. The lowest BCUT2D eigenvalue weighted by molar-refractivity contribution is 1.24. The van der Waals surface area contributed by atoms with Crippen LogP contribution in [0, 0.1) is 0 Å². The van der Waals surface area contributed by atoms with Gasteiger partial charge in [0.05, 0.1) is 22.9 Å². The minimum atomic E-state index is 0.923. The van der Waals surface area contributed by atoms with Gasteiger partial charge in [0.15, 0.2) is 0 Å². The predicted octanol–water partition coefficient (Wildman–Crippen LogP) is 11.3. The predicted molar refractivity (Wildman–Crippen MR) is 188 cm³/mol. The summed E-state index contributed by atoms with van der Waals surface area (Å²) in [5.41, 5.74) is 7.33. The molecule has 0 bridgehead atoms. The summed E-state index contributed by atoms with van der Waals surface area (Å²) in [4.78, 5) is 5.08. The molecule has 0 saturated heterocycles. The topological polar surface area (TPSA) is 17.3 Å². The highest BCUT2D eigenvalue weighted by Crippen LogP contribution is 2.47. The minimum Gasteiger partial charge on any atom is -0.306 e. The molecule has 0 N–H and O–H groups in total. The molecule has 0 fully saturated rings. The van der Waals surface area contributed by atoms with E-state index in [2.05, 4.69) is 139 Å². The lowest BCUT2D eigenvalue weighted by Gasteiger charge is -2.17. The monoisotopic (exact) mass is 568 g/mol. The van der Waals surface area contributed by atoms with Crippen LogP contribution in [0.4, 0.5) is 0 Å². The zero-order valence-electron chi connectivity index (χ0n) is 23.8. The van der Waals surface area contributed by atoms with Crippen molar-refractivity contribution in [2.75, 3.05) is 0 Å². The van der Waals surface area contributed by atoms with Crippen molar-refractivity contribution in [3.05, 3.63) is 157 Å². The van der Waals surface area contributed by atoms with E-state index in [0.717, 1.165) is 33.6 Å². The summed E-state index contributed by atoms with van der Waals surface area (Å²) in [6, 6.07) is 45.1. The molecular weight excluding hydrogens is 541 g/mol. The quantitative estimate of drug-likeness (QED) is 0.145. The first kappa shape index (κ1) is 25.5. The number of hydrogen-bond acceptors (Lipinski definition) is 2. The number of rotatable bonds is 5. The molecule has 0 aliphatic heterocycles. The summed E-state index contributed by atoms with van der Waals surface area (Å²) in [6.45, 7) is 6.75. The molecule has 6 aromatic carbocycles. The fourth-order valence-corrected chi connectivity index (χ4v) is 7.34. The Kier molecular flexibility index (Phi) is 6.06. The fraction of sp³-hybridized carbons (Fsp3) is 0.0250. The van der Waals surface area contributed by atoms with Gasteiger partial charge in [0, 0.05) is 42.9 Å².